The van der Waals surface area contributed by atoms with Crippen LogP contribution in [0.4, 0.5) is 0 Å². The lowest BCUT2D eigenvalue weighted by Gasteiger charge is -2.36. The molecule has 2 saturated heterocycles. The van der Waals surface area contributed by atoms with Crippen molar-refractivity contribution in [3.05, 3.63) is 106 Å². The molecule has 430 valence electrons. The molecule has 78 heavy (non-hydrogen) atoms. The van der Waals surface area contributed by atoms with Crippen LogP contribution in [0.3, 0.4) is 0 Å². The molecule has 6 amide bonds. The fourth-order valence-electron chi connectivity index (χ4n) is 9.76. The van der Waals surface area contributed by atoms with E-state index in [1.165, 1.54) is 9.80 Å². The molecule has 2 heterocycles. The van der Waals surface area contributed by atoms with Gasteiger partial charge in [-0.2, -0.15) is 0 Å². The lowest BCUT2D eigenvalue weighted by molar-refractivity contribution is -0.144. The van der Waals surface area contributed by atoms with Gasteiger partial charge >= 0.3 is 0 Å². The summed E-state index contributed by atoms with van der Waals surface area (Å²) in [6, 6.07) is 17.1. The van der Waals surface area contributed by atoms with E-state index in [0.717, 1.165) is 22.3 Å². The standard InChI is InChI=1S/C58H84N10O8.2ClH/c1-35(61-9)51(71)65-49(57(3,4)5)55(75)67-33-41(26-45(67)53(73)63-24-22-37-14-18-39(31-59)19-15-37)28-47(69)43-12-11-13-44(30-43)48(70)29-42-27-46(54(74)64-25-23-38-16-20-40(32-60)21-17-38)68(34-42)56(76)50(58(6,7)8)66-52(72)36(2)62-10;;/h11-21,30,35-36,41-42,45-46,49-50,61-62H,22-29,31-34,59-60H2,1-10H3,(H,63,73)(H,64,74)(H,65,71)(H,66,72);2*1H/t35-,36-,41+,42+,45-,46-,49+,50+;;/m0../s1. The quantitative estimate of drug-likeness (QED) is 0.0592. The van der Waals surface area contributed by atoms with E-state index < -0.39 is 70.7 Å². The minimum absolute atomic E-state index is 0. The van der Waals surface area contributed by atoms with Gasteiger partial charge in [0, 0.05) is 63.2 Å². The molecular formula is C58H86Cl2N10O8. The summed E-state index contributed by atoms with van der Waals surface area (Å²) in [5.74, 6) is -3.70. The maximum absolute atomic E-state index is 14.6. The number of carbonyl (C=O) groups is 8. The summed E-state index contributed by atoms with van der Waals surface area (Å²) >= 11 is 0. The van der Waals surface area contributed by atoms with Crippen LogP contribution in [0.5, 0.6) is 0 Å². The number of benzene rings is 3. The van der Waals surface area contributed by atoms with E-state index in [9.17, 15) is 38.4 Å². The molecule has 3 aromatic rings. The van der Waals surface area contributed by atoms with E-state index in [1.807, 2.05) is 90.1 Å². The Labute approximate surface area is 473 Å². The number of halogens is 2. The van der Waals surface area contributed by atoms with Crippen LogP contribution in [0, 0.1) is 22.7 Å². The molecule has 2 aliphatic rings. The molecular weight excluding hydrogens is 1040 g/mol. The SMILES string of the molecule is CN[C@@H](C)C(=O)N[C@H](C(=O)N1C[C@@H](CC(=O)c2cccc(C(=O)C[C@H]3C[C@@H](C(=O)NCCc4ccc(CN)cc4)N(C(=O)[C@@H](NC(=O)[C@H](C)NC)C(C)(C)C)C3)c2)C[C@H]1C(=O)NCCc1ccc(CN)cc1)C(C)(C)C.Cl.Cl. The molecule has 18 nitrogen and oxygen atoms in total. The van der Waals surface area contributed by atoms with Crippen molar-refractivity contribution >= 4 is 71.8 Å². The number of carbonyl (C=O) groups excluding carboxylic acids is 8. The molecule has 0 bridgehead atoms. The van der Waals surface area contributed by atoms with E-state index in [1.54, 1.807) is 52.2 Å². The van der Waals surface area contributed by atoms with E-state index in [0.29, 0.717) is 39.0 Å². The number of Topliss-reactive ketones (excluding diaryl/α,β-unsaturated/α-hetero) is 2. The summed E-state index contributed by atoms with van der Waals surface area (Å²) in [6.45, 7) is 16.1. The fourth-order valence-corrected chi connectivity index (χ4v) is 9.76. The van der Waals surface area contributed by atoms with E-state index in [-0.39, 0.29) is 110 Å². The van der Waals surface area contributed by atoms with E-state index in [2.05, 4.69) is 31.9 Å². The zero-order valence-electron chi connectivity index (χ0n) is 47.2. The molecule has 0 saturated carbocycles. The van der Waals surface area contributed by atoms with Crippen LogP contribution in [0.25, 0.3) is 0 Å². The normalized spacial score (nSPS) is 18.8. The van der Waals surface area contributed by atoms with Crippen LogP contribution in [0.2, 0.25) is 0 Å². The molecule has 0 radical (unpaired) electrons. The predicted octanol–water partition coefficient (Wildman–Crippen LogP) is 4.02. The topological polar surface area (TPSA) is 267 Å². The van der Waals surface area contributed by atoms with Crippen molar-refractivity contribution in [1.29, 1.82) is 0 Å². The highest BCUT2D eigenvalue weighted by Gasteiger charge is 2.47. The Hall–Kier alpha value is -5.76. The highest BCUT2D eigenvalue weighted by molar-refractivity contribution is 6.02. The summed E-state index contributed by atoms with van der Waals surface area (Å²) in [5, 5.41) is 17.6. The number of ketones is 2. The Bertz CT molecular complexity index is 2370. The third kappa shape index (κ3) is 18.1. The fraction of sp³-hybridized carbons (Fsp3) is 0.552. The predicted molar refractivity (Wildman–Crippen MR) is 308 cm³/mol. The van der Waals surface area contributed by atoms with Gasteiger partial charge in [-0.3, -0.25) is 38.4 Å². The number of nitrogens with zero attached hydrogens (tertiary/aromatic N) is 2. The summed E-state index contributed by atoms with van der Waals surface area (Å²) in [5.41, 5.74) is 14.6. The van der Waals surface area contributed by atoms with Crippen LogP contribution < -0.4 is 43.4 Å². The van der Waals surface area contributed by atoms with Gasteiger partial charge in [0.05, 0.1) is 12.1 Å². The second-order valence-corrected chi connectivity index (χ2v) is 22.8. The number of likely N-dealkylation sites (tertiary alicyclic amines) is 2. The van der Waals surface area contributed by atoms with Gasteiger partial charge in [-0.25, -0.2) is 0 Å². The first-order valence-corrected chi connectivity index (χ1v) is 26.7. The first kappa shape index (κ1) is 66.5. The lowest BCUT2D eigenvalue weighted by Crippen LogP contribution is -2.59. The van der Waals surface area contributed by atoms with Gasteiger partial charge in [0.2, 0.25) is 35.4 Å². The number of hydrogen-bond donors (Lipinski definition) is 8. The number of amides is 6. The van der Waals surface area contributed by atoms with Crippen LogP contribution >= 0.6 is 24.8 Å². The van der Waals surface area contributed by atoms with Crippen molar-refractivity contribution in [3.63, 3.8) is 0 Å². The average Bonchev–Trinajstić information content (AvgIpc) is 4.04. The highest BCUT2D eigenvalue weighted by Crippen LogP contribution is 2.33. The first-order valence-electron chi connectivity index (χ1n) is 26.7. The zero-order chi connectivity index (χ0) is 56.1. The number of rotatable bonds is 24. The summed E-state index contributed by atoms with van der Waals surface area (Å²) in [6.07, 6.45) is 1.46. The van der Waals surface area contributed by atoms with Gasteiger partial charge in [-0.1, -0.05) is 108 Å². The lowest BCUT2D eigenvalue weighted by atomic mass is 9.85. The van der Waals surface area contributed by atoms with Gasteiger partial charge in [0.15, 0.2) is 11.6 Å². The molecule has 0 unspecified atom stereocenters. The molecule has 2 fully saturated rings. The number of nitrogens with one attached hydrogen (secondary N) is 6. The van der Waals surface area contributed by atoms with Gasteiger partial charge in [0.1, 0.15) is 24.2 Å². The monoisotopic (exact) mass is 1120 g/mol. The molecule has 2 aliphatic heterocycles. The molecule has 10 N–H and O–H groups in total. The van der Waals surface area contributed by atoms with Crippen molar-refractivity contribution in [1.82, 2.24) is 41.7 Å². The summed E-state index contributed by atoms with van der Waals surface area (Å²) < 4.78 is 0. The highest BCUT2D eigenvalue weighted by atomic mass is 35.5. The van der Waals surface area contributed by atoms with Crippen LogP contribution in [0.1, 0.15) is 124 Å². The third-order valence-electron chi connectivity index (χ3n) is 14.8. The van der Waals surface area contributed by atoms with Crippen molar-refractivity contribution in [2.24, 2.45) is 34.1 Å². The number of nitrogens with two attached hydrogens (primary N) is 2. The van der Waals surface area contributed by atoms with Gasteiger partial charge in [-0.05, 0) is 105 Å². The molecule has 0 aromatic heterocycles. The Morgan fingerprint density at radius 3 is 1.19 bits per heavy atom. The van der Waals surface area contributed by atoms with E-state index >= 15 is 0 Å². The zero-order valence-corrected chi connectivity index (χ0v) is 48.8. The molecule has 8 atom stereocenters. The van der Waals surface area contributed by atoms with E-state index in [4.69, 9.17) is 11.5 Å². The maximum Gasteiger partial charge on any atom is 0.246 e. The minimum Gasteiger partial charge on any atom is -0.354 e. The number of likely N-dealkylation sites (N-methyl/N-ethyl adjacent to an activating group) is 2. The molecule has 0 aliphatic carbocycles. The Morgan fingerprint density at radius 1 is 0.551 bits per heavy atom. The molecule has 3 aromatic carbocycles. The maximum atomic E-state index is 14.6. The number of hydrogen-bond acceptors (Lipinski definition) is 12. The second-order valence-electron chi connectivity index (χ2n) is 22.8. The Balaban J connectivity index is 0.00000800. The van der Waals surface area contributed by atoms with Crippen molar-refractivity contribution in [2.75, 3.05) is 40.3 Å². The van der Waals surface area contributed by atoms with Crippen molar-refractivity contribution < 1.29 is 38.4 Å². The average molecular weight is 1120 g/mol. The molecule has 0 spiro atoms. The summed E-state index contributed by atoms with van der Waals surface area (Å²) in [7, 11) is 3.30. The molecule has 5 rings (SSSR count). The Kier molecular flexibility index (Phi) is 25.6. The van der Waals surface area contributed by atoms with Crippen molar-refractivity contribution in [3.8, 4) is 0 Å². The van der Waals surface area contributed by atoms with Gasteiger partial charge in [0.25, 0.3) is 0 Å². The Morgan fingerprint density at radius 2 is 0.885 bits per heavy atom. The van der Waals surface area contributed by atoms with Crippen molar-refractivity contribution in [2.45, 2.75) is 143 Å². The summed E-state index contributed by atoms with van der Waals surface area (Å²) in [4.78, 5) is 115. The van der Waals surface area contributed by atoms with Gasteiger partial charge < -0.3 is 53.2 Å². The second kappa shape index (κ2) is 30.0. The first-order chi connectivity index (χ1) is 35.9. The third-order valence-corrected chi connectivity index (χ3v) is 14.8. The van der Waals surface area contributed by atoms with Crippen LogP contribution in [-0.2, 0) is 54.7 Å². The largest absolute Gasteiger partial charge is 0.354 e. The smallest absolute Gasteiger partial charge is 0.246 e. The van der Waals surface area contributed by atoms with Crippen LogP contribution in [0.15, 0.2) is 72.8 Å². The minimum atomic E-state index is -0.975. The van der Waals surface area contributed by atoms with Gasteiger partial charge in [-0.15, -0.1) is 24.8 Å². The van der Waals surface area contributed by atoms with Crippen LogP contribution in [-0.4, -0.2) is 133 Å². The molecule has 20 heteroatoms.